The van der Waals surface area contributed by atoms with Gasteiger partial charge in [-0.25, -0.2) is 4.99 Å². The molecule has 7 nitrogen and oxygen atoms in total. The number of nitrogen functional groups attached to an aromatic ring is 1. The number of nitro groups is 1. The maximum absolute atomic E-state index is 10.7. The van der Waals surface area contributed by atoms with Crippen molar-refractivity contribution in [1.29, 1.82) is 0 Å². The maximum atomic E-state index is 10.7. The molecule has 86 valence electrons. The number of benzene rings is 1. The van der Waals surface area contributed by atoms with E-state index in [1.54, 1.807) is 18.2 Å². The van der Waals surface area contributed by atoms with E-state index < -0.39 is 4.92 Å². The summed E-state index contributed by atoms with van der Waals surface area (Å²) in [6.45, 7) is 0. The third kappa shape index (κ3) is 2.61. The molecule has 2 N–H and O–H groups in total. The Morgan fingerprint density at radius 3 is 2.82 bits per heavy atom. The second kappa shape index (κ2) is 4.66. The zero-order chi connectivity index (χ0) is 12.3. The minimum absolute atomic E-state index is 0.00580. The average molecular weight is 249 g/mol. The molecule has 0 bridgehead atoms. The fourth-order valence-electron chi connectivity index (χ4n) is 1.17. The van der Waals surface area contributed by atoms with Gasteiger partial charge in [0.25, 0.3) is 5.69 Å². The van der Waals surface area contributed by atoms with E-state index in [0.29, 0.717) is 15.8 Å². The van der Waals surface area contributed by atoms with Gasteiger partial charge in [-0.3, -0.25) is 10.1 Å². The number of rotatable bonds is 3. The normalized spacial score (nSPS) is 10.8. The van der Waals surface area contributed by atoms with Gasteiger partial charge in [0.05, 0.1) is 10.5 Å². The fourth-order valence-corrected chi connectivity index (χ4v) is 1.62. The van der Waals surface area contributed by atoms with Crippen molar-refractivity contribution in [3.63, 3.8) is 0 Å². The molecule has 0 aliphatic heterocycles. The first-order valence-corrected chi connectivity index (χ1v) is 5.35. The van der Waals surface area contributed by atoms with E-state index in [4.69, 9.17) is 5.73 Å². The molecule has 0 saturated carbocycles. The minimum Gasteiger partial charge on any atom is -0.374 e. The molecular formula is C9H7N5O2S. The van der Waals surface area contributed by atoms with Gasteiger partial charge in [0.1, 0.15) is 0 Å². The zero-order valence-corrected chi connectivity index (χ0v) is 9.29. The molecule has 2 rings (SSSR count). The Bertz CT molecular complexity index is 580. The number of hydrogen-bond donors (Lipinski definition) is 1. The summed E-state index contributed by atoms with van der Waals surface area (Å²) in [6, 6.07) is 6.31. The first-order chi connectivity index (χ1) is 8.16. The van der Waals surface area contributed by atoms with Crippen LogP contribution in [-0.2, 0) is 0 Å². The molecule has 1 heterocycles. The van der Waals surface area contributed by atoms with Crippen molar-refractivity contribution < 1.29 is 4.92 Å². The highest BCUT2D eigenvalue weighted by Gasteiger charge is 2.10. The number of nitrogens with two attached hydrogens (primary N) is 1. The van der Waals surface area contributed by atoms with E-state index in [-0.39, 0.29) is 5.69 Å². The van der Waals surface area contributed by atoms with Gasteiger partial charge in [0.2, 0.25) is 10.3 Å². The number of nitrogens with zero attached hydrogens (tertiary/aromatic N) is 4. The molecule has 0 spiro atoms. The van der Waals surface area contributed by atoms with Gasteiger partial charge in [0.15, 0.2) is 0 Å². The molecule has 0 aliphatic rings. The smallest absolute Gasteiger partial charge is 0.278 e. The predicted octanol–water partition coefficient (Wildman–Crippen LogP) is 1.78. The molecule has 0 fully saturated rings. The van der Waals surface area contributed by atoms with Crippen LogP contribution in [0.25, 0.3) is 0 Å². The Hall–Kier alpha value is -2.35. The largest absolute Gasteiger partial charge is 0.374 e. The topological polar surface area (TPSA) is 107 Å². The van der Waals surface area contributed by atoms with Crippen LogP contribution in [0.1, 0.15) is 5.56 Å². The predicted molar refractivity (Wildman–Crippen MR) is 64.7 cm³/mol. The second-order valence-electron chi connectivity index (χ2n) is 3.00. The first-order valence-electron chi connectivity index (χ1n) is 4.53. The van der Waals surface area contributed by atoms with E-state index in [9.17, 15) is 10.1 Å². The van der Waals surface area contributed by atoms with Crippen LogP contribution in [0.4, 0.5) is 16.0 Å². The van der Waals surface area contributed by atoms with Crippen LogP contribution in [0.15, 0.2) is 29.3 Å². The zero-order valence-electron chi connectivity index (χ0n) is 8.48. The van der Waals surface area contributed by atoms with Gasteiger partial charge < -0.3 is 5.73 Å². The van der Waals surface area contributed by atoms with Gasteiger partial charge >= 0.3 is 0 Å². The standard InChI is InChI=1S/C9H7N5O2S/c10-8-12-13-9(17-8)11-5-6-3-1-2-4-7(6)14(15)16/h1-5H,(H2,10,12)/b11-5+. The summed E-state index contributed by atoms with van der Waals surface area (Å²) in [6.07, 6.45) is 1.37. The lowest BCUT2D eigenvalue weighted by Crippen LogP contribution is -1.93. The average Bonchev–Trinajstić information content (AvgIpc) is 2.73. The lowest BCUT2D eigenvalue weighted by molar-refractivity contribution is -0.385. The summed E-state index contributed by atoms with van der Waals surface area (Å²) < 4.78 is 0. The Kier molecular flexibility index (Phi) is 3.06. The molecule has 2 aromatic rings. The lowest BCUT2D eigenvalue weighted by Gasteiger charge is -1.94. The molecule has 0 amide bonds. The van der Waals surface area contributed by atoms with Crippen molar-refractivity contribution >= 4 is 33.5 Å². The number of aromatic nitrogens is 2. The van der Waals surface area contributed by atoms with Gasteiger partial charge in [-0.15, -0.1) is 10.2 Å². The molecule has 0 radical (unpaired) electrons. The summed E-state index contributed by atoms with van der Waals surface area (Å²) in [7, 11) is 0. The van der Waals surface area contributed by atoms with Crippen LogP contribution in [0.3, 0.4) is 0 Å². The summed E-state index contributed by atoms with van der Waals surface area (Å²) in [5, 5.41) is 18.7. The van der Waals surface area contributed by atoms with Crippen LogP contribution in [0, 0.1) is 10.1 Å². The molecule has 1 aromatic heterocycles. The summed E-state index contributed by atoms with van der Waals surface area (Å²) >= 11 is 1.11. The third-order valence-corrected chi connectivity index (χ3v) is 2.54. The van der Waals surface area contributed by atoms with Gasteiger partial charge in [0, 0.05) is 12.3 Å². The van der Waals surface area contributed by atoms with Crippen LogP contribution >= 0.6 is 11.3 Å². The van der Waals surface area contributed by atoms with Crippen molar-refractivity contribution in [2.45, 2.75) is 0 Å². The Labute approximate surface area is 99.8 Å². The van der Waals surface area contributed by atoms with Crippen molar-refractivity contribution in [2.24, 2.45) is 4.99 Å². The van der Waals surface area contributed by atoms with E-state index in [1.807, 2.05) is 0 Å². The number of aliphatic imine (C=N–C) groups is 1. The molecule has 0 aliphatic carbocycles. The van der Waals surface area contributed by atoms with Crippen molar-refractivity contribution in [3.8, 4) is 0 Å². The van der Waals surface area contributed by atoms with E-state index in [1.165, 1.54) is 12.3 Å². The van der Waals surface area contributed by atoms with Crippen molar-refractivity contribution in [1.82, 2.24) is 10.2 Å². The lowest BCUT2D eigenvalue weighted by atomic mass is 10.2. The highest BCUT2D eigenvalue weighted by Crippen LogP contribution is 2.21. The van der Waals surface area contributed by atoms with Crippen molar-refractivity contribution in [3.05, 3.63) is 39.9 Å². The van der Waals surface area contributed by atoms with E-state index in [0.717, 1.165) is 11.3 Å². The van der Waals surface area contributed by atoms with Crippen molar-refractivity contribution in [2.75, 3.05) is 5.73 Å². The Balaban J connectivity index is 2.30. The highest BCUT2D eigenvalue weighted by atomic mass is 32.1. The SMILES string of the molecule is Nc1nnc(/N=C/c2ccccc2[N+](=O)[O-])s1. The molecule has 0 atom stereocenters. The molecule has 8 heteroatoms. The fraction of sp³-hybridized carbons (Fsp3) is 0. The number of anilines is 1. The third-order valence-electron chi connectivity index (χ3n) is 1.88. The van der Waals surface area contributed by atoms with E-state index in [2.05, 4.69) is 15.2 Å². The van der Waals surface area contributed by atoms with Gasteiger partial charge in [-0.05, 0) is 6.07 Å². The van der Waals surface area contributed by atoms with Gasteiger partial charge in [-0.2, -0.15) is 0 Å². The molecule has 0 saturated heterocycles. The number of nitro benzene ring substituents is 1. The minimum atomic E-state index is -0.462. The number of hydrogen-bond acceptors (Lipinski definition) is 7. The quantitative estimate of drug-likeness (QED) is 0.506. The molecular weight excluding hydrogens is 242 g/mol. The van der Waals surface area contributed by atoms with Crippen LogP contribution in [0.2, 0.25) is 0 Å². The molecule has 1 aromatic carbocycles. The van der Waals surface area contributed by atoms with Crippen LogP contribution in [-0.4, -0.2) is 21.3 Å². The van der Waals surface area contributed by atoms with E-state index >= 15 is 0 Å². The second-order valence-corrected chi connectivity index (χ2v) is 3.98. The molecule has 0 unspecified atom stereocenters. The Morgan fingerprint density at radius 1 is 1.41 bits per heavy atom. The molecule has 17 heavy (non-hydrogen) atoms. The summed E-state index contributed by atoms with van der Waals surface area (Å²) in [5.74, 6) is 0. The Morgan fingerprint density at radius 2 is 2.18 bits per heavy atom. The van der Waals surface area contributed by atoms with Crippen LogP contribution in [0.5, 0.6) is 0 Å². The summed E-state index contributed by atoms with van der Waals surface area (Å²) in [5.41, 5.74) is 5.79. The van der Waals surface area contributed by atoms with Crippen LogP contribution < -0.4 is 5.73 Å². The summed E-state index contributed by atoms with van der Waals surface area (Å²) in [4.78, 5) is 14.2. The maximum Gasteiger partial charge on any atom is 0.278 e. The highest BCUT2D eigenvalue weighted by molar-refractivity contribution is 7.18. The van der Waals surface area contributed by atoms with Gasteiger partial charge in [-0.1, -0.05) is 23.5 Å². The first kappa shape index (κ1) is 11.1. The number of para-hydroxylation sites is 1. The monoisotopic (exact) mass is 249 g/mol.